The summed E-state index contributed by atoms with van der Waals surface area (Å²) in [4.78, 5) is 1.22. The molecule has 0 saturated carbocycles. The highest BCUT2D eigenvalue weighted by Gasteiger charge is 2.08. The number of rotatable bonds is 2. The lowest BCUT2D eigenvalue weighted by Gasteiger charge is -2.09. The average molecular weight is 240 g/mol. The van der Waals surface area contributed by atoms with Gasteiger partial charge in [-0.3, -0.25) is 0 Å². The maximum Gasteiger partial charge on any atom is 0.0645 e. The summed E-state index contributed by atoms with van der Waals surface area (Å²) in [5, 5.41) is 2.06. The molecule has 2 N–H and O–H groups in total. The first-order chi connectivity index (χ1) is 6.77. The van der Waals surface area contributed by atoms with E-state index in [4.69, 9.17) is 5.73 Å². The smallest absolute Gasteiger partial charge is 0.0645 e. The Balaban J connectivity index is 0.00000112. The Morgan fingerprint density at radius 2 is 1.80 bits per heavy atom. The van der Waals surface area contributed by atoms with E-state index in [0.29, 0.717) is 0 Å². The molecule has 0 amide bonds. The second-order valence-electron chi connectivity index (χ2n) is 3.40. The summed E-state index contributed by atoms with van der Waals surface area (Å²) in [5.41, 5.74) is 8.57. The van der Waals surface area contributed by atoms with Gasteiger partial charge in [0.25, 0.3) is 0 Å². The van der Waals surface area contributed by atoms with Crippen LogP contribution in [0.2, 0.25) is 0 Å². The fourth-order valence-corrected chi connectivity index (χ4v) is 2.16. The van der Waals surface area contributed by atoms with Gasteiger partial charge in [-0.15, -0.1) is 23.7 Å². The van der Waals surface area contributed by atoms with Crippen molar-refractivity contribution in [3.8, 4) is 0 Å². The van der Waals surface area contributed by atoms with Crippen LogP contribution in [-0.2, 0) is 0 Å². The normalized spacial score (nSPS) is 11.9. The predicted molar refractivity (Wildman–Crippen MR) is 68.8 cm³/mol. The van der Waals surface area contributed by atoms with E-state index in [9.17, 15) is 0 Å². The molecule has 0 saturated heterocycles. The van der Waals surface area contributed by atoms with Gasteiger partial charge in [-0.2, -0.15) is 0 Å². The van der Waals surface area contributed by atoms with E-state index in [1.54, 1.807) is 11.3 Å². The third-order valence-corrected chi connectivity index (χ3v) is 3.24. The molecule has 0 bridgehead atoms. The van der Waals surface area contributed by atoms with Crippen molar-refractivity contribution in [3.63, 3.8) is 0 Å². The fourth-order valence-electron chi connectivity index (χ4n) is 1.41. The number of thiophene rings is 1. The zero-order valence-corrected chi connectivity index (χ0v) is 10.1. The molecule has 3 heteroatoms. The van der Waals surface area contributed by atoms with Crippen LogP contribution in [0.4, 0.5) is 0 Å². The summed E-state index contributed by atoms with van der Waals surface area (Å²) in [6.07, 6.45) is 0. The van der Waals surface area contributed by atoms with Gasteiger partial charge in [-0.05, 0) is 23.9 Å². The quantitative estimate of drug-likeness (QED) is 0.853. The summed E-state index contributed by atoms with van der Waals surface area (Å²) < 4.78 is 0. The molecule has 2 aromatic rings. The zero-order chi connectivity index (χ0) is 9.97. The van der Waals surface area contributed by atoms with Crippen molar-refractivity contribution in [1.29, 1.82) is 0 Å². The van der Waals surface area contributed by atoms with Crippen molar-refractivity contribution < 1.29 is 0 Å². The summed E-state index contributed by atoms with van der Waals surface area (Å²) >= 11 is 1.71. The van der Waals surface area contributed by atoms with Crippen LogP contribution in [0, 0.1) is 6.92 Å². The van der Waals surface area contributed by atoms with Crippen LogP contribution in [0.25, 0.3) is 0 Å². The first-order valence-electron chi connectivity index (χ1n) is 4.63. The van der Waals surface area contributed by atoms with Gasteiger partial charge in [-0.25, -0.2) is 0 Å². The van der Waals surface area contributed by atoms with Crippen LogP contribution in [0.15, 0.2) is 41.8 Å². The van der Waals surface area contributed by atoms with Crippen molar-refractivity contribution >= 4 is 23.7 Å². The monoisotopic (exact) mass is 239 g/mol. The van der Waals surface area contributed by atoms with Gasteiger partial charge in [0.05, 0.1) is 6.04 Å². The van der Waals surface area contributed by atoms with E-state index in [-0.39, 0.29) is 18.4 Å². The van der Waals surface area contributed by atoms with Crippen LogP contribution in [-0.4, -0.2) is 0 Å². The average Bonchev–Trinajstić information content (AvgIpc) is 2.71. The zero-order valence-electron chi connectivity index (χ0n) is 8.51. The molecule has 0 aliphatic carbocycles. The standard InChI is InChI=1S/C12H13NS.ClH/c1-9-4-6-10(7-5-9)12(13)11-3-2-8-14-11;/h2-8,12H,13H2,1H3;1H. The van der Waals surface area contributed by atoms with E-state index < -0.39 is 0 Å². The number of aryl methyl sites for hydroxylation is 1. The number of benzene rings is 1. The fraction of sp³-hybridized carbons (Fsp3) is 0.167. The molecule has 0 spiro atoms. The summed E-state index contributed by atoms with van der Waals surface area (Å²) in [5.74, 6) is 0. The van der Waals surface area contributed by atoms with E-state index in [2.05, 4.69) is 42.6 Å². The lowest BCUT2D eigenvalue weighted by atomic mass is 10.0. The van der Waals surface area contributed by atoms with Crippen LogP contribution in [0.1, 0.15) is 22.0 Å². The summed E-state index contributed by atoms with van der Waals surface area (Å²) in [7, 11) is 0. The first kappa shape index (κ1) is 12.2. The first-order valence-corrected chi connectivity index (χ1v) is 5.51. The number of hydrogen-bond donors (Lipinski definition) is 1. The molecule has 0 fully saturated rings. The molecule has 80 valence electrons. The van der Waals surface area contributed by atoms with Gasteiger partial charge in [0.15, 0.2) is 0 Å². The molecule has 0 aliphatic heterocycles. The Kier molecular flexibility index (Phi) is 4.33. The van der Waals surface area contributed by atoms with E-state index >= 15 is 0 Å². The molecular formula is C12H14ClNS. The van der Waals surface area contributed by atoms with Gasteiger partial charge in [0, 0.05) is 4.88 Å². The summed E-state index contributed by atoms with van der Waals surface area (Å²) in [6, 6.07) is 12.5. The largest absolute Gasteiger partial charge is 0.320 e. The Hall–Kier alpha value is -0.830. The van der Waals surface area contributed by atoms with Gasteiger partial charge in [0.1, 0.15) is 0 Å². The molecule has 1 aromatic carbocycles. The number of nitrogens with two attached hydrogens (primary N) is 1. The van der Waals surface area contributed by atoms with Crippen molar-refractivity contribution in [3.05, 3.63) is 57.8 Å². The molecular weight excluding hydrogens is 226 g/mol. The third kappa shape index (κ3) is 2.81. The van der Waals surface area contributed by atoms with Gasteiger partial charge >= 0.3 is 0 Å². The van der Waals surface area contributed by atoms with Crippen molar-refractivity contribution in [2.75, 3.05) is 0 Å². The van der Waals surface area contributed by atoms with Crippen LogP contribution in [0.3, 0.4) is 0 Å². The lowest BCUT2D eigenvalue weighted by molar-refractivity contribution is 0.893. The number of halogens is 1. The SMILES string of the molecule is Cc1ccc(C(N)c2cccs2)cc1.Cl. The minimum atomic E-state index is 0. The van der Waals surface area contributed by atoms with E-state index in [0.717, 1.165) is 0 Å². The van der Waals surface area contributed by atoms with E-state index in [1.807, 2.05) is 6.07 Å². The Labute approximate surface area is 100 Å². The Morgan fingerprint density at radius 3 is 2.33 bits per heavy atom. The molecule has 1 unspecified atom stereocenters. The molecule has 1 atom stereocenters. The highest BCUT2D eigenvalue weighted by atomic mass is 35.5. The maximum atomic E-state index is 6.12. The lowest BCUT2D eigenvalue weighted by Crippen LogP contribution is -2.09. The van der Waals surface area contributed by atoms with Crippen LogP contribution >= 0.6 is 23.7 Å². The molecule has 0 radical (unpaired) electrons. The van der Waals surface area contributed by atoms with Gasteiger partial charge in [0.2, 0.25) is 0 Å². The van der Waals surface area contributed by atoms with Crippen molar-refractivity contribution in [1.82, 2.24) is 0 Å². The van der Waals surface area contributed by atoms with E-state index in [1.165, 1.54) is 16.0 Å². The molecule has 1 nitrogen and oxygen atoms in total. The predicted octanol–water partition coefficient (Wildman–Crippen LogP) is 3.53. The number of hydrogen-bond acceptors (Lipinski definition) is 2. The minimum Gasteiger partial charge on any atom is -0.320 e. The van der Waals surface area contributed by atoms with Crippen LogP contribution in [0.5, 0.6) is 0 Å². The highest BCUT2D eigenvalue weighted by Crippen LogP contribution is 2.23. The highest BCUT2D eigenvalue weighted by molar-refractivity contribution is 7.10. The van der Waals surface area contributed by atoms with Gasteiger partial charge < -0.3 is 5.73 Å². The molecule has 0 aliphatic rings. The second kappa shape index (κ2) is 5.31. The molecule has 2 rings (SSSR count). The summed E-state index contributed by atoms with van der Waals surface area (Å²) in [6.45, 7) is 2.08. The third-order valence-electron chi connectivity index (χ3n) is 2.29. The van der Waals surface area contributed by atoms with Crippen molar-refractivity contribution in [2.24, 2.45) is 5.73 Å². The Bertz CT molecular complexity index is 394. The minimum absolute atomic E-state index is 0. The molecule has 15 heavy (non-hydrogen) atoms. The van der Waals surface area contributed by atoms with Gasteiger partial charge in [-0.1, -0.05) is 35.9 Å². The topological polar surface area (TPSA) is 26.0 Å². The molecule has 1 heterocycles. The second-order valence-corrected chi connectivity index (χ2v) is 4.38. The molecule has 1 aromatic heterocycles. The Morgan fingerprint density at radius 1 is 1.13 bits per heavy atom. The van der Waals surface area contributed by atoms with Crippen LogP contribution < -0.4 is 5.73 Å². The van der Waals surface area contributed by atoms with Crippen molar-refractivity contribution in [2.45, 2.75) is 13.0 Å². The maximum absolute atomic E-state index is 6.12.